The molecule has 7 heteroatoms. The lowest BCUT2D eigenvalue weighted by Gasteiger charge is -2.22. The van der Waals surface area contributed by atoms with E-state index in [1.807, 2.05) is 18.2 Å². The summed E-state index contributed by atoms with van der Waals surface area (Å²) in [7, 11) is 0. The van der Waals surface area contributed by atoms with Crippen LogP contribution in [0.5, 0.6) is 0 Å². The van der Waals surface area contributed by atoms with Crippen LogP contribution < -0.4 is 5.32 Å². The van der Waals surface area contributed by atoms with E-state index in [-0.39, 0.29) is 17.5 Å². The van der Waals surface area contributed by atoms with E-state index >= 15 is 0 Å². The molecular weight excluding hydrogens is 308 g/mol. The van der Waals surface area contributed by atoms with Crippen LogP contribution in [0.4, 0.5) is 0 Å². The minimum Gasteiger partial charge on any atom is -0.361 e. The van der Waals surface area contributed by atoms with Gasteiger partial charge >= 0.3 is 0 Å². The number of carbonyl (C=O) groups excluding carboxylic acids is 2. The normalized spacial score (nSPS) is 17.0. The van der Waals surface area contributed by atoms with Crippen molar-refractivity contribution in [3.63, 3.8) is 0 Å². The largest absolute Gasteiger partial charge is 0.361 e. The SMILES string of the molecule is Cc1cc(C(=O)N2CCC[C@H]2C(=O)NCCc2ccccn2)no1. The van der Waals surface area contributed by atoms with Crippen LogP contribution in [0.2, 0.25) is 0 Å². The highest BCUT2D eigenvalue weighted by atomic mass is 16.5. The minimum absolute atomic E-state index is 0.128. The zero-order valence-corrected chi connectivity index (χ0v) is 13.6. The molecular formula is C17H20N4O3. The molecule has 24 heavy (non-hydrogen) atoms. The van der Waals surface area contributed by atoms with Crippen LogP contribution >= 0.6 is 0 Å². The fourth-order valence-electron chi connectivity index (χ4n) is 2.87. The van der Waals surface area contributed by atoms with E-state index in [1.165, 1.54) is 0 Å². The standard InChI is InChI=1S/C17H20N4O3/c1-12-11-14(20-24-12)17(23)21-10-4-6-15(21)16(22)19-9-7-13-5-2-3-8-18-13/h2-3,5,8,11,15H,4,6-7,9-10H2,1H3,(H,19,22)/t15-/m0/s1. The van der Waals surface area contributed by atoms with Crippen molar-refractivity contribution in [2.45, 2.75) is 32.2 Å². The molecule has 2 aromatic heterocycles. The number of aryl methyl sites for hydroxylation is 1. The number of hydrogen-bond donors (Lipinski definition) is 1. The van der Waals surface area contributed by atoms with Crippen LogP contribution in [0.3, 0.4) is 0 Å². The molecule has 126 valence electrons. The Kier molecular flexibility index (Phi) is 4.88. The third kappa shape index (κ3) is 3.61. The summed E-state index contributed by atoms with van der Waals surface area (Å²) >= 11 is 0. The third-order valence-corrected chi connectivity index (χ3v) is 4.07. The van der Waals surface area contributed by atoms with Crippen molar-refractivity contribution in [3.05, 3.63) is 47.6 Å². The molecule has 1 atom stereocenters. The second kappa shape index (κ2) is 7.25. The Balaban J connectivity index is 1.56. The molecule has 2 aromatic rings. The van der Waals surface area contributed by atoms with Crippen molar-refractivity contribution in [2.24, 2.45) is 0 Å². The summed E-state index contributed by atoms with van der Waals surface area (Å²) in [4.78, 5) is 30.7. The Bertz CT molecular complexity index is 714. The van der Waals surface area contributed by atoms with Crippen LogP contribution in [-0.2, 0) is 11.2 Å². The van der Waals surface area contributed by atoms with Gasteiger partial charge in [-0.2, -0.15) is 0 Å². The van der Waals surface area contributed by atoms with Crippen LogP contribution in [-0.4, -0.2) is 46.0 Å². The third-order valence-electron chi connectivity index (χ3n) is 4.07. The number of hydrogen-bond acceptors (Lipinski definition) is 5. The topological polar surface area (TPSA) is 88.3 Å². The number of amides is 2. The quantitative estimate of drug-likeness (QED) is 0.895. The van der Waals surface area contributed by atoms with Gasteiger partial charge in [0, 0.05) is 37.5 Å². The molecule has 0 unspecified atom stereocenters. The Labute approximate surface area is 140 Å². The van der Waals surface area contributed by atoms with E-state index in [0.717, 1.165) is 12.1 Å². The first-order valence-corrected chi connectivity index (χ1v) is 8.07. The number of carbonyl (C=O) groups is 2. The number of aromatic nitrogens is 2. The van der Waals surface area contributed by atoms with Gasteiger partial charge in [0.1, 0.15) is 11.8 Å². The van der Waals surface area contributed by atoms with E-state index in [9.17, 15) is 9.59 Å². The Morgan fingerprint density at radius 3 is 3.00 bits per heavy atom. The maximum Gasteiger partial charge on any atom is 0.276 e. The molecule has 1 saturated heterocycles. The van der Waals surface area contributed by atoms with Crippen molar-refractivity contribution < 1.29 is 14.1 Å². The lowest BCUT2D eigenvalue weighted by atomic mass is 10.2. The summed E-state index contributed by atoms with van der Waals surface area (Å²) < 4.78 is 4.95. The molecule has 0 aromatic carbocycles. The predicted octanol–water partition coefficient (Wildman–Crippen LogP) is 1.34. The van der Waals surface area contributed by atoms with Gasteiger partial charge in [0.15, 0.2) is 5.69 Å². The van der Waals surface area contributed by atoms with E-state index in [2.05, 4.69) is 15.5 Å². The van der Waals surface area contributed by atoms with E-state index in [0.29, 0.717) is 31.7 Å². The van der Waals surface area contributed by atoms with Gasteiger partial charge in [-0.25, -0.2) is 0 Å². The molecule has 1 fully saturated rings. The summed E-state index contributed by atoms with van der Waals surface area (Å²) in [6, 6.07) is 6.84. The first-order valence-electron chi connectivity index (χ1n) is 8.07. The van der Waals surface area contributed by atoms with E-state index < -0.39 is 6.04 Å². The molecule has 7 nitrogen and oxygen atoms in total. The maximum atomic E-state index is 12.5. The number of nitrogens with zero attached hydrogens (tertiary/aromatic N) is 3. The van der Waals surface area contributed by atoms with Gasteiger partial charge < -0.3 is 14.7 Å². The second-order valence-electron chi connectivity index (χ2n) is 5.84. The predicted molar refractivity (Wildman–Crippen MR) is 86.2 cm³/mol. The number of pyridine rings is 1. The van der Waals surface area contributed by atoms with Crippen molar-refractivity contribution in [1.82, 2.24) is 20.4 Å². The zero-order chi connectivity index (χ0) is 16.9. The zero-order valence-electron chi connectivity index (χ0n) is 13.6. The van der Waals surface area contributed by atoms with Crippen LogP contribution in [0, 0.1) is 6.92 Å². The van der Waals surface area contributed by atoms with E-state index in [4.69, 9.17) is 4.52 Å². The molecule has 0 aliphatic carbocycles. The summed E-state index contributed by atoms with van der Waals surface area (Å²) in [5.41, 5.74) is 1.18. The Morgan fingerprint density at radius 2 is 2.29 bits per heavy atom. The van der Waals surface area contributed by atoms with E-state index in [1.54, 1.807) is 24.1 Å². The number of likely N-dealkylation sites (tertiary alicyclic amines) is 1. The molecule has 0 radical (unpaired) electrons. The van der Waals surface area contributed by atoms with Crippen LogP contribution in [0.15, 0.2) is 35.0 Å². The molecule has 0 bridgehead atoms. The number of rotatable bonds is 5. The molecule has 1 aliphatic heterocycles. The summed E-state index contributed by atoms with van der Waals surface area (Å²) in [6.07, 6.45) is 3.86. The van der Waals surface area contributed by atoms with Gasteiger partial charge in [0.05, 0.1) is 0 Å². The van der Waals surface area contributed by atoms with Gasteiger partial charge in [-0.05, 0) is 31.9 Å². The van der Waals surface area contributed by atoms with Gasteiger partial charge in [0.2, 0.25) is 5.91 Å². The van der Waals surface area contributed by atoms with Crippen molar-refractivity contribution in [3.8, 4) is 0 Å². The smallest absolute Gasteiger partial charge is 0.276 e. The fraction of sp³-hybridized carbons (Fsp3) is 0.412. The molecule has 2 amide bonds. The van der Waals surface area contributed by atoms with Crippen molar-refractivity contribution >= 4 is 11.8 Å². The van der Waals surface area contributed by atoms with Crippen LogP contribution in [0.1, 0.15) is 34.8 Å². The van der Waals surface area contributed by atoms with Gasteiger partial charge in [-0.15, -0.1) is 0 Å². The number of nitrogens with one attached hydrogen (secondary N) is 1. The molecule has 3 rings (SSSR count). The van der Waals surface area contributed by atoms with Crippen LogP contribution in [0.25, 0.3) is 0 Å². The van der Waals surface area contributed by atoms with Gasteiger partial charge in [-0.1, -0.05) is 11.2 Å². The maximum absolute atomic E-state index is 12.5. The first kappa shape index (κ1) is 16.2. The molecule has 3 heterocycles. The van der Waals surface area contributed by atoms with Crippen molar-refractivity contribution in [1.29, 1.82) is 0 Å². The summed E-state index contributed by atoms with van der Waals surface area (Å²) in [5, 5.41) is 6.65. The molecule has 1 aliphatic rings. The summed E-state index contributed by atoms with van der Waals surface area (Å²) in [6.45, 7) is 2.79. The Morgan fingerprint density at radius 1 is 1.42 bits per heavy atom. The van der Waals surface area contributed by atoms with Gasteiger partial charge in [-0.3, -0.25) is 14.6 Å². The highest BCUT2D eigenvalue weighted by molar-refractivity contribution is 5.96. The average molecular weight is 328 g/mol. The van der Waals surface area contributed by atoms with Gasteiger partial charge in [0.25, 0.3) is 5.91 Å². The van der Waals surface area contributed by atoms with Crippen molar-refractivity contribution in [2.75, 3.05) is 13.1 Å². The fourth-order valence-corrected chi connectivity index (χ4v) is 2.87. The highest BCUT2D eigenvalue weighted by Gasteiger charge is 2.35. The second-order valence-corrected chi connectivity index (χ2v) is 5.84. The lowest BCUT2D eigenvalue weighted by molar-refractivity contribution is -0.124. The lowest BCUT2D eigenvalue weighted by Crippen LogP contribution is -2.46. The first-order chi connectivity index (χ1) is 11.6. The molecule has 1 N–H and O–H groups in total. The highest BCUT2D eigenvalue weighted by Crippen LogP contribution is 2.20. The molecule has 0 saturated carbocycles. The molecule has 0 spiro atoms. The average Bonchev–Trinajstić information content (AvgIpc) is 3.24. The minimum atomic E-state index is -0.446. The summed E-state index contributed by atoms with van der Waals surface area (Å²) in [5.74, 6) is 0.195. The Hall–Kier alpha value is -2.70. The monoisotopic (exact) mass is 328 g/mol.